The molecule has 0 spiro atoms. The van der Waals surface area contributed by atoms with Crippen molar-refractivity contribution < 1.29 is 9.53 Å². The molecule has 14 heavy (non-hydrogen) atoms. The molecule has 1 rings (SSSR count). The maximum atomic E-state index is 10.00. The van der Waals surface area contributed by atoms with E-state index in [1.165, 1.54) is 6.08 Å². The van der Waals surface area contributed by atoms with Crippen LogP contribution in [0, 0.1) is 0 Å². The zero-order chi connectivity index (χ0) is 10.4. The number of benzene rings is 1. The lowest BCUT2D eigenvalue weighted by Gasteiger charge is -2.05. The van der Waals surface area contributed by atoms with Crippen molar-refractivity contribution in [2.45, 2.75) is 0 Å². The summed E-state index contributed by atoms with van der Waals surface area (Å²) in [6.45, 7) is 0.357. The molecule has 1 aromatic rings. The first-order valence-corrected chi connectivity index (χ1v) is 4.75. The molecule has 3 nitrogen and oxygen atoms in total. The predicted molar refractivity (Wildman–Crippen MR) is 55.4 cm³/mol. The number of nitrogens with zero attached hydrogens (tertiary/aromatic N) is 1. The zero-order valence-electron chi connectivity index (χ0n) is 7.17. The Morgan fingerprint density at radius 2 is 2.29 bits per heavy atom. The molecule has 0 N–H and O–H groups in total. The van der Waals surface area contributed by atoms with Gasteiger partial charge in [-0.2, -0.15) is 4.99 Å². The molecule has 0 saturated heterocycles. The van der Waals surface area contributed by atoms with Crippen molar-refractivity contribution in [3.8, 4) is 5.75 Å². The summed E-state index contributed by atoms with van der Waals surface area (Å²) < 4.78 is 5.22. The van der Waals surface area contributed by atoms with Gasteiger partial charge in [0.1, 0.15) is 12.4 Å². The first kappa shape index (κ1) is 11.1. The van der Waals surface area contributed by atoms with Crippen LogP contribution >= 0.6 is 23.2 Å². The van der Waals surface area contributed by atoms with Crippen LogP contribution in [0.2, 0.25) is 5.02 Å². The highest BCUT2D eigenvalue weighted by atomic mass is 35.5. The predicted octanol–water partition coefficient (Wildman–Crippen LogP) is 2.92. The molecule has 0 amide bonds. The fraction of sp³-hybridized carbons (Fsp3) is 0.222. The third kappa shape index (κ3) is 3.04. The van der Waals surface area contributed by atoms with E-state index in [0.29, 0.717) is 28.9 Å². The number of halogens is 2. The smallest absolute Gasteiger partial charge is 0.240 e. The third-order valence-corrected chi connectivity index (χ3v) is 1.89. The standard InChI is InChI=1S/C9H7Cl2NO2/c10-3-4-14-9-5-7(12-6-13)1-2-8(9)11/h1-2,5H,3-4H2. The largest absolute Gasteiger partial charge is 0.491 e. The van der Waals surface area contributed by atoms with Gasteiger partial charge in [-0.05, 0) is 12.1 Å². The van der Waals surface area contributed by atoms with Crippen LogP contribution in [0.1, 0.15) is 0 Å². The number of hydrogen-bond acceptors (Lipinski definition) is 3. The molecule has 0 heterocycles. The van der Waals surface area contributed by atoms with Crippen LogP contribution in [0.25, 0.3) is 0 Å². The maximum absolute atomic E-state index is 10.00. The second-order valence-electron chi connectivity index (χ2n) is 2.36. The summed E-state index contributed by atoms with van der Waals surface area (Å²) >= 11 is 11.3. The van der Waals surface area contributed by atoms with Gasteiger partial charge in [0.2, 0.25) is 6.08 Å². The average molecular weight is 232 g/mol. The summed E-state index contributed by atoms with van der Waals surface area (Å²) in [7, 11) is 0. The van der Waals surface area contributed by atoms with Gasteiger partial charge < -0.3 is 4.74 Å². The van der Waals surface area contributed by atoms with Crippen molar-refractivity contribution in [3.63, 3.8) is 0 Å². The number of hydrogen-bond donors (Lipinski definition) is 0. The Morgan fingerprint density at radius 3 is 2.93 bits per heavy atom. The molecule has 0 aliphatic carbocycles. The van der Waals surface area contributed by atoms with Crippen LogP contribution in [0.3, 0.4) is 0 Å². The van der Waals surface area contributed by atoms with E-state index in [1.807, 2.05) is 0 Å². The molecule has 0 aromatic heterocycles. The SMILES string of the molecule is O=C=Nc1ccc(Cl)c(OCCCl)c1. The normalized spacial score (nSPS) is 9.29. The molecule has 0 saturated carbocycles. The molecule has 0 radical (unpaired) electrons. The van der Waals surface area contributed by atoms with Crippen LogP contribution in [0.4, 0.5) is 5.69 Å². The Morgan fingerprint density at radius 1 is 1.50 bits per heavy atom. The molecule has 5 heteroatoms. The van der Waals surface area contributed by atoms with Gasteiger partial charge in [0.05, 0.1) is 16.6 Å². The van der Waals surface area contributed by atoms with Crippen LogP contribution < -0.4 is 4.74 Å². The molecule has 74 valence electrons. The highest BCUT2D eigenvalue weighted by molar-refractivity contribution is 6.32. The molecule has 0 fully saturated rings. The van der Waals surface area contributed by atoms with Gasteiger partial charge in [-0.25, -0.2) is 4.79 Å². The van der Waals surface area contributed by atoms with E-state index in [2.05, 4.69) is 4.99 Å². The minimum Gasteiger partial charge on any atom is -0.491 e. The number of aliphatic imine (C=N–C) groups is 1. The molecule has 0 aliphatic heterocycles. The Hall–Kier alpha value is -1.02. The lowest BCUT2D eigenvalue weighted by Crippen LogP contribution is -1.98. The minimum atomic E-state index is 0.357. The lowest BCUT2D eigenvalue weighted by molar-refractivity contribution is 0.343. The molecule has 0 unspecified atom stereocenters. The van der Waals surface area contributed by atoms with E-state index in [4.69, 9.17) is 27.9 Å². The van der Waals surface area contributed by atoms with Gasteiger partial charge in [-0.3, -0.25) is 0 Å². The second kappa shape index (κ2) is 5.66. The summed E-state index contributed by atoms with van der Waals surface area (Å²) in [6, 6.07) is 4.75. The summed E-state index contributed by atoms with van der Waals surface area (Å²) in [5.41, 5.74) is 0.453. The number of carbonyl (C=O) groups excluding carboxylic acids is 1. The first-order chi connectivity index (χ1) is 6.77. The van der Waals surface area contributed by atoms with Crippen molar-refractivity contribution in [1.29, 1.82) is 0 Å². The van der Waals surface area contributed by atoms with Crippen LogP contribution in [0.5, 0.6) is 5.75 Å². The minimum absolute atomic E-state index is 0.357. The topological polar surface area (TPSA) is 38.7 Å². The van der Waals surface area contributed by atoms with E-state index in [-0.39, 0.29) is 0 Å². The molecule has 0 bridgehead atoms. The highest BCUT2D eigenvalue weighted by Crippen LogP contribution is 2.28. The van der Waals surface area contributed by atoms with Gasteiger partial charge in [0, 0.05) is 6.07 Å². The summed E-state index contributed by atoms with van der Waals surface area (Å²) in [5, 5.41) is 0.458. The van der Waals surface area contributed by atoms with Gasteiger partial charge >= 0.3 is 0 Å². The number of isocyanates is 1. The fourth-order valence-electron chi connectivity index (χ4n) is 0.873. The Bertz CT molecular complexity index is 362. The monoisotopic (exact) mass is 231 g/mol. The summed E-state index contributed by atoms with van der Waals surface area (Å²) in [5.74, 6) is 0.834. The van der Waals surface area contributed by atoms with Crippen molar-refractivity contribution in [2.24, 2.45) is 4.99 Å². The number of alkyl halides is 1. The van der Waals surface area contributed by atoms with Crippen molar-refractivity contribution in [3.05, 3.63) is 23.2 Å². The maximum Gasteiger partial charge on any atom is 0.240 e. The third-order valence-electron chi connectivity index (χ3n) is 1.42. The highest BCUT2D eigenvalue weighted by Gasteiger charge is 2.02. The molecule has 1 aromatic carbocycles. The van der Waals surface area contributed by atoms with E-state index >= 15 is 0 Å². The molecular formula is C9H7Cl2NO2. The number of rotatable bonds is 4. The van der Waals surface area contributed by atoms with Gasteiger partial charge in [0.25, 0.3) is 0 Å². The molecule has 0 atom stereocenters. The summed E-state index contributed by atoms with van der Waals surface area (Å²) in [4.78, 5) is 13.4. The van der Waals surface area contributed by atoms with E-state index in [1.54, 1.807) is 18.2 Å². The van der Waals surface area contributed by atoms with Crippen LogP contribution in [-0.4, -0.2) is 18.6 Å². The van der Waals surface area contributed by atoms with Crippen molar-refractivity contribution in [2.75, 3.05) is 12.5 Å². The van der Waals surface area contributed by atoms with E-state index in [0.717, 1.165) is 0 Å². The fourth-order valence-corrected chi connectivity index (χ4v) is 1.12. The number of ether oxygens (including phenoxy) is 1. The van der Waals surface area contributed by atoms with Gasteiger partial charge in [0.15, 0.2) is 0 Å². The Kier molecular flexibility index (Phi) is 4.47. The zero-order valence-corrected chi connectivity index (χ0v) is 8.68. The molecule has 0 aliphatic rings. The average Bonchev–Trinajstić information content (AvgIpc) is 2.19. The van der Waals surface area contributed by atoms with Gasteiger partial charge in [-0.1, -0.05) is 11.6 Å². The Balaban J connectivity index is 2.89. The molecular weight excluding hydrogens is 225 g/mol. The summed E-state index contributed by atoms with van der Waals surface area (Å²) in [6.07, 6.45) is 1.44. The van der Waals surface area contributed by atoms with E-state index < -0.39 is 0 Å². The second-order valence-corrected chi connectivity index (χ2v) is 3.14. The lowest BCUT2D eigenvalue weighted by atomic mass is 10.3. The van der Waals surface area contributed by atoms with Crippen molar-refractivity contribution in [1.82, 2.24) is 0 Å². The Labute approximate surface area is 91.3 Å². The van der Waals surface area contributed by atoms with E-state index in [9.17, 15) is 4.79 Å². The van der Waals surface area contributed by atoms with Crippen LogP contribution in [-0.2, 0) is 4.79 Å². The first-order valence-electron chi connectivity index (χ1n) is 3.84. The quantitative estimate of drug-likeness (QED) is 0.454. The van der Waals surface area contributed by atoms with Crippen molar-refractivity contribution >= 4 is 35.0 Å². The van der Waals surface area contributed by atoms with Gasteiger partial charge in [-0.15, -0.1) is 11.6 Å². The van der Waals surface area contributed by atoms with Crippen LogP contribution in [0.15, 0.2) is 23.2 Å².